The second-order valence-electron chi connectivity index (χ2n) is 1.71. The molecule has 64 valence electrons. The van der Waals surface area contributed by atoms with Crippen LogP contribution >= 0.6 is 12.6 Å². The third-order valence-corrected chi connectivity index (χ3v) is 1.33. The number of thiol groups is 1. The minimum atomic E-state index is -0.740. The molecule has 0 saturated carbocycles. The molecule has 0 radical (unpaired) electrons. The van der Waals surface area contributed by atoms with Crippen molar-refractivity contribution in [3.05, 3.63) is 4.91 Å². The maximum Gasteiger partial charge on any atom is 0.331 e. The van der Waals surface area contributed by atoms with Crippen molar-refractivity contribution in [2.75, 3.05) is 12.4 Å². The van der Waals surface area contributed by atoms with Crippen LogP contribution < -0.4 is 5.43 Å². The van der Waals surface area contributed by atoms with Gasteiger partial charge in [0.1, 0.15) is 0 Å². The summed E-state index contributed by atoms with van der Waals surface area (Å²) in [7, 11) is 0. The summed E-state index contributed by atoms with van der Waals surface area (Å²) in [5, 5.41) is 2.36. The first kappa shape index (κ1) is 10.2. The highest BCUT2D eigenvalue weighted by Gasteiger charge is 2.16. The lowest BCUT2D eigenvalue weighted by molar-refractivity contribution is -0.144. The van der Waals surface area contributed by atoms with Gasteiger partial charge in [0.2, 0.25) is 0 Å². The Bertz CT molecular complexity index is 142. The Labute approximate surface area is 69.8 Å². The first-order valence-corrected chi connectivity index (χ1v) is 3.74. The minimum Gasteiger partial charge on any atom is -0.464 e. The number of carbonyl (C=O) groups excluding carboxylic acids is 1. The van der Waals surface area contributed by atoms with Gasteiger partial charge >= 0.3 is 5.97 Å². The quantitative estimate of drug-likeness (QED) is 0.271. The number of ether oxygens (including phenoxy) is 1. The van der Waals surface area contributed by atoms with Crippen LogP contribution in [0.3, 0.4) is 0 Å². The van der Waals surface area contributed by atoms with Gasteiger partial charge in [0.05, 0.1) is 11.9 Å². The molecule has 0 unspecified atom stereocenters. The Morgan fingerprint density at radius 2 is 2.45 bits per heavy atom. The average molecular weight is 178 g/mol. The number of carbonyl (C=O) groups is 1. The molecule has 0 aromatic carbocycles. The second-order valence-corrected chi connectivity index (χ2v) is 2.07. The molecule has 0 saturated heterocycles. The van der Waals surface area contributed by atoms with Gasteiger partial charge in [0, 0.05) is 5.75 Å². The summed E-state index contributed by atoms with van der Waals surface area (Å²) < 4.78 is 4.60. The summed E-state index contributed by atoms with van der Waals surface area (Å²) in [5.41, 5.74) is 2.04. The molecule has 6 heteroatoms. The van der Waals surface area contributed by atoms with E-state index in [1.54, 1.807) is 6.92 Å². The Morgan fingerprint density at radius 3 is 2.82 bits per heavy atom. The van der Waals surface area contributed by atoms with Gasteiger partial charge in [0.25, 0.3) is 0 Å². The summed E-state index contributed by atoms with van der Waals surface area (Å²) in [4.78, 5) is 20.5. The molecule has 0 amide bonds. The number of hydrogen-bond acceptors (Lipinski definition) is 5. The maximum atomic E-state index is 10.8. The monoisotopic (exact) mass is 178 g/mol. The van der Waals surface area contributed by atoms with Crippen LogP contribution in [0.25, 0.3) is 0 Å². The lowest BCUT2D eigenvalue weighted by atomic mass is 10.4. The number of nitrogens with one attached hydrogen (secondary N) is 1. The smallest absolute Gasteiger partial charge is 0.331 e. The summed E-state index contributed by atoms with van der Waals surface area (Å²) in [6.45, 7) is 1.96. The lowest BCUT2D eigenvalue weighted by Crippen LogP contribution is -2.36. The van der Waals surface area contributed by atoms with E-state index in [4.69, 9.17) is 0 Å². The molecule has 0 aromatic rings. The van der Waals surface area contributed by atoms with Crippen LogP contribution in [0.5, 0.6) is 0 Å². The molecule has 0 aromatic heterocycles. The molecule has 1 N–H and O–H groups in total. The van der Waals surface area contributed by atoms with Crippen LogP contribution in [0.15, 0.2) is 5.29 Å². The van der Waals surface area contributed by atoms with Gasteiger partial charge < -0.3 is 4.74 Å². The zero-order chi connectivity index (χ0) is 8.69. The van der Waals surface area contributed by atoms with Gasteiger partial charge in [-0.15, -0.1) is 4.91 Å². The fourth-order valence-electron chi connectivity index (χ4n) is 0.475. The molecule has 5 nitrogen and oxygen atoms in total. The third kappa shape index (κ3) is 3.82. The third-order valence-electron chi connectivity index (χ3n) is 0.962. The average Bonchev–Trinajstić information content (AvgIpc) is 2.00. The maximum absolute atomic E-state index is 10.8. The van der Waals surface area contributed by atoms with Crippen LogP contribution in [0.1, 0.15) is 6.92 Å². The molecule has 0 aliphatic heterocycles. The van der Waals surface area contributed by atoms with Crippen molar-refractivity contribution < 1.29 is 9.53 Å². The predicted octanol–water partition coefficient (Wildman–Crippen LogP) is 0.119. The molecule has 0 spiro atoms. The highest BCUT2D eigenvalue weighted by Crippen LogP contribution is 1.91. The molecule has 0 aliphatic carbocycles. The number of nitrogens with zero attached hydrogens (tertiary/aromatic N) is 1. The van der Waals surface area contributed by atoms with Crippen molar-refractivity contribution in [1.82, 2.24) is 5.43 Å². The summed E-state index contributed by atoms with van der Waals surface area (Å²) in [5.74, 6) is -0.327. The van der Waals surface area contributed by atoms with Crippen LogP contribution in [0.4, 0.5) is 0 Å². The van der Waals surface area contributed by atoms with E-state index in [1.807, 2.05) is 5.43 Å². The molecular formula is C5H10N2O3S. The summed E-state index contributed by atoms with van der Waals surface area (Å²) in [6, 6.07) is -0.740. The molecule has 1 atom stereocenters. The van der Waals surface area contributed by atoms with Crippen molar-refractivity contribution >= 4 is 18.6 Å². The van der Waals surface area contributed by atoms with Gasteiger partial charge in [-0.3, -0.25) is 5.43 Å². The minimum absolute atomic E-state index is 0.185. The molecule has 0 rings (SSSR count). The van der Waals surface area contributed by atoms with E-state index in [0.29, 0.717) is 0 Å². The molecule has 11 heavy (non-hydrogen) atoms. The number of nitroso groups, excluding NO2 is 1. The summed E-state index contributed by atoms with van der Waals surface area (Å²) in [6.07, 6.45) is 0. The van der Waals surface area contributed by atoms with Crippen LogP contribution in [-0.2, 0) is 9.53 Å². The SMILES string of the molecule is CCOC(=O)[C@@H](CS)NN=O. The van der Waals surface area contributed by atoms with Crippen LogP contribution in [0, 0.1) is 4.91 Å². The zero-order valence-electron chi connectivity index (χ0n) is 6.11. The molecule has 0 heterocycles. The van der Waals surface area contributed by atoms with Gasteiger partial charge in [-0.25, -0.2) is 4.79 Å². The molecule has 0 bridgehead atoms. The second kappa shape index (κ2) is 5.96. The van der Waals surface area contributed by atoms with E-state index >= 15 is 0 Å². The summed E-state index contributed by atoms with van der Waals surface area (Å²) >= 11 is 3.82. The Kier molecular flexibility index (Phi) is 5.54. The fourth-order valence-corrected chi connectivity index (χ4v) is 0.705. The van der Waals surface area contributed by atoms with E-state index in [1.165, 1.54) is 0 Å². The first-order chi connectivity index (χ1) is 5.26. The van der Waals surface area contributed by atoms with Crippen molar-refractivity contribution in [3.63, 3.8) is 0 Å². The van der Waals surface area contributed by atoms with Crippen molar-refractivity contribution in [1.29, 1.82) is 0 Å². The van der Waals surface area contributed by atoms with E-state index in [9.17, 15) is 9.70 Å². The highest BCUT2D eigenvalue weighted by atomic mass is 32.1. The molecule has 0 aliphatic rings. The normalized spacial score (nSPS) is 11.8. The lowest BCUT2D eigenvalue weighted by Gasteiger charge is -2.09. The van der Waals surface area contributed by atoms with E-state index in [0.717, 1.165) is 0 Å². The molecule has 0 fully saturated rings. The predicted molar refractivity (Wildman–Crippen MR) is 43.2 cm³/mol. The van der Waals surface area contributed by atoms with E-state index in [-0.39, 0.29) is 12.4 Å². The number of rotatable bonds is 5. The zero-order valence-corrected chi connectivity index (χ0v) is 7.01. The Morgan fingerprint density at radius 1 is 1.82 bits per heavy atom. The van der Waals surface area contributed by atoms with Crippen molar-refractivity contribution in [2.24, 2.45) is 5.29 Å². The van der Waals surface area contributed by atoms with Crippen LogP contribution in [-0.4, -0.2) is 24.4 Å². The largest absolute Gasteiger partial charge is 0.464 e. The molecular weight excluding hydrogens is 168 g/mol. The van der Waals surface area contributed by atoms with Gasteiger partial charge in [0.15, 0.2) is 6.04 Å². The van der Waals surface area contributed by atoms with E-state index < -0.39 is 12.0 Å². The van der Waals surface area contributed by atoms with Gasteiger partial charge in [-0.1, -0.05) is 0 Å². The van der Waals surface area contributed by atoms with Gasteiger partial charge in [-0.05, 0) is 6.92 Å². The van der Waals surface area contributed by atoms with Gasteiger partial charge in [-0.2, -0.15) is 12.6 Å². The van der Waals surface area contributed by atoms with Crippen molar-refractivity contribution in [2.45, 2.75) is 13.0 Å². The first-order valence-electron chi connectivity index (χ1n) is 3.11. The number of esters is 1. The van der Waals surface area contributed by atoms with E-state index in [2.05, 4.69) is 22.7 Å². The topological polar surface area (TPSA) is 67.8 Å². The fraction of sp³-hybridized carbons (Fsp3) is 0.800. The number of hydrogen-bond donors (Lipinski definition) is 2. The van der Waals surface area contributed by atoms with Crippen LogP contribution in [0.2, 0.25) is 0 Å². The Hall–Kier alpha value is -0.780. The standard InChI is InChI=1S/C5H10N2O3S/c1-2-10-5(8)4(3-11)6-7-9/h4,11H,2-3H2,1H3,(H,6,9)/t4-/m1/s1. The highest BCUT2D eigenvalue weighted by molar-refractivity contribution is 7.80. The van der Waals surface area contributed by atoms with Crippen molar-refractivity contribution in [3.8, 4) is 0 Å². The Balaban J connectivity index is 3.80.